The van der Waals surface area contributed by atoms with Crippen molar-refractivity contribution < 1.29 is 9.90 Å². The number of aryl methyl sites for hydroxylation is 1. The van der Waals surface area contributed by atoms with Gasteiger partial charge in [0.1, 0.15) is 5.82 Å². The Labute approximate surface area is 82.8 Å². The van der Waals surface area contributed by atoms with E-state index in [2.05, 4.69) is 10.3 Å². The molecule has 1 heterocycles. The van der Waals surface area contributed by atoms with Crippen molar-refractivity contribution in [3.05, 3.63) is 18.2 Å². The van der Waals surface area contributed by atoms with E-state index in [1.54, 1.807) is 23.9 Å². The molecule has 0 spiro atoms. The highest BCUT2D eigenvalue weighted by Gasteiger charge is 2.07. The van der Waals surface area contributed by atoms with Crippen molar-refractivity contribution in [3.63, 3.8) is 0 Å². The molecule has 0 radical (unpaired) electrons. The first-order valence-corrected chi connectivity index (χ1v) is 4.50. The first kappa shape index (κ1) is 10.7. The van der Waals surface area contributed by atoms with Gasteiger partial charge in [0.05, 0.1) is 12.5 Å². The SMILES string of the molecule is CC(O)CNC(=O)Cc1nccn1C. The van der Waals surface area contributed by atoms with Crippen molar-refractivity contribution in [2.75, 3.05) is 6.54 Å². The lowest BCUT2D eigenvalue weighted by Gasteiger charge is -2.06. The molecular formula is C9H15N3O2. The van der Waals surface area contributed by atoms with Crippen molar-refractivity contribution in [2.24, 2.45) is 7.05 Å². The number of aromatic nitrogens is 2. The first-order valence-electron chi connectivity index (χ1n) is 4.50. The van der Waals surface area contributed by atoms with Gasteiger partial charge in [-0.15, -0.1) is 0 Å². The predicted molar refractivity (Wildman–Crippen MR) is 51.6 cm³/mol. The molecule has 0 fully saturated rings. The van der Waals surface area contributed by atoms with Gasteiger partial charge in [0.2, 0.25) is 5.91 Å². The maximum atomic E-state index is 11.3. The van der Waals surface area contributed by atoms with E-state index in [9.17, 15) is 4.79 Å². The number of carbonyl (C=O) groups is 1. The van der Waals surface area contributed by atoms with Crippen molar-refractivity contribution >= 4 is 5.91 Å². The number of aliphatic hydroxyl groups is 1. The molecule has 2 N–H and O–H groups in total. The summed E-state index contributed by atoms with van der Waals surface area (Å²) in [5.41, 5.74) is 0. The van der Waals surface area contributed by atoms with Gasteiger partial charge in [0, 0.05) is 26.0 Å². The van der Waals surface area contributed by atoms with Crippen molar-refractivity contribution in [1.82, 2.24) is 14.9 Å². The summed E-state index contributed by atoms with van der Waals surface area (Å²) in [7, 11) is 1.84. The fourth-order valence-electron chi connectivity index (χ4n) is 1.03. The van der Waals surface area contributed by atoms with Gasteiger partial charge in [-0.25, -0.2) is 4.98 Å². The zero-order valence-corrected chi connectivity index (χ0v) is 8.40. The molecule has 1 rings (SSSR count). The van der Waals surface area contributed by atoms with Crippen LogP contribution in [-0.2, 0) is 18.3 Å². The third-order valence-electron chi connectivity index (χ3n) is 1.83. The Balaban J connectivity index is 2.38. The van der Waals surface area contributed by atoms with Crippen molar-refractivity contribution in [1.29, 1.82) is 0 Å². The molecule has 14 heavy (non-hydrogen) atoms. The number of nitrogens with zero attached hydrogens (tertiary/aromatic N) is 2. The molecule has 5 nitrogen and oxygen atoms in total. The van der Waals surface area contributed by atoms with Gasteiger partial charge in [-0.1, -0.05) is 0 Å². The Morgan fingerprint density at radius 3 is 3.00 bits per heavy atom. The van der Waals surface area contributed by atoms with Crippen LogP contribution in [0.3, 0.4) is 0 Å². The van der Waals surface area contributed by atoms with Gasteiger partial charge in [-0.2, -0.15) is 0 Å². The van der Waals surface area contributed by atoms with Crippen LogP contribution in [0.15, 0.2) is 12.4 Å². The standard InChI is InChI=1S/C9H15N3O2/c1-7(13)6-11-9(14)5-8-10-3-4-12(8)2/h3-4,7,13H,5-6H2,1-2H3,(H,11,14). The fourth-order valence-corrected chi connectivity index (χ4v) is 1.03. The molecule has 5 heteroatoms. The lowest BCUT2D eigenvalue weighted by atomic mass is 10.3. The number of aliphatic hydroxyl groups excluding tert-OH is 1. The van der Waals surface area contributed by atoms with Crippen LogP contribution >= 0.6 is 0 Å². The first-order chi connectivity index (χ1) is 6.59. The van der Waals surface area contributed by atoms with Crippen LogP contribution in [0.2, 0.25) is 0 Å². The zero-order chi connectivity index (χ0) is 10.6. The van der Waals surface area contributed by atoms with Gasteiger partial charge in [-0.05, 0) is 6.92 Å². The molecular weight excluding hydrogens is 182 g/mol. The summed E-state index contributed by atoms with van der Waals surface area (Å²) in [6.45, 7) is 1.91. The van der Waals surface area contributed by atoms with E-state index in [-0.39, 0.29) is 18.9 Å². The molecule has 1 unspecified atom stereocenters. The molecule has 0 bridgehead atoms. The summed E-state index contributed by atoms with van der Waals surface area (Å²) in [4.78, 5) is 15.3. The Morgan fingerprint density at radius 2 is 2.50 bits per heavy atom. The average molecular weight is 197 g/mol. The van der Waals surface area contributed by atoms with E-state index < -0.39 is 6.10 Å². The number of nitrogens with one attached hydrogen (secondary N) is 1. The zero-order valence-electron chi connectivity index (χ0n) is 8.40. The number of amides is 1. The molecule has 0 saturated carbocycles. The minimum atomic E-state index is -0.514. The third kappa shape index (κ3) is 3.18. The van der Waals surface area contributed by atoms with E-state index in [4.69, 9.17) is 5.11 Å². The largest absolute Gasteiger partial charge is 0.392 e. The van der Waals surface area contributed by atoms with E-state index in [0.29, 0.717) is 5.82 Å². The second-order valence-electron chi connectivity index (χ2n) is 3.28. The number of rotatable bonds is 4. The summed E-state index contributed by atoms with van der Waals surface area (Å²) in [5, 5.41) is 11.6. The summed E-state index contributed by atoms with van der Waals surface area (Å²) in [5.74, 6) is 0.591. The van der Waals surface area contributed by atoms with Gasteiger partial charge in [0.15, 0.2) is 0 Å². The van der Waals surface area contributed by atoms with Crippen LogP contribution in [-0.4, -0.2) is 33.2 Å². The number of carbonyl (C=O) groups excluding carboxylic acids is 1. The van der Waals surface area contributed by atoms with E-state index in [1.165, 1.54) is 0 Å². The molecule has 0 aromatic carbocycles. The quantitative estimate of drug-likeness (QED) is 0.681. The fraction of sp³-hybridized carbons (Fsp3) is 0.556. The Hall–Kier alpha value is -1.36. The molecule has 0 aliphatic rings. The minimum absolute atomic E-state index is 0.125. The summed E-state index contributed by atoms with van der Waals surface area (Å²) in [6, 6.07) is 0. The van der Waals surface area contributed by atoms with Crippen LogP contribution in [0.5, 0.6) is 0 Å². The summed E-state index contributed by atoms with van der Waals surface area (Å²) < 4.78 is 1.79. The summed E-state index contributed by atoms with van der Waals surface area (Å²) >= 11 is 0. The lowest BCUT2D eigenvalue weighted by molar-refractivity contribution is -0.121. The molecule has 78 valence electrons. The second-order valence-corrected chi connectivity index (χ2v) is 3.28. The topological polar surface area (TPSA) is 67.2 Å². The molecule has 1 amide bonds. The Kier molecular flexibility index (Phi) is 3.64. The van der Waals surface area contributed by atoms with E-state index >= 15 is 0 Å². The maximum Gasteiger partial charge on any atom is 0.227 e. The molecule has 0 saturated heterocycles. The van der Waals surface area contributed by atoms with Crippen LogP contribution in [0.1, 0.15) is 12.7 Å². The van der Waals surface area contributed by atoms with E-state index in [1.807, 2.05) is 7.05 Å². The minimum Gasteiger partial charge on any atom is -0.392 e. The van der Waals surface area contributed by atoms with Crippen LogP contribution in [0.4, 0.5) is 0 Å². The van der Waals surface area contributed by atoms with Gasteiger partial charge < -0.3 is 15.0 Å². The lowest BCUT2D eigenvalue weighted by Crippen LogP contribution is -2.32. The maximum absolute atomic E-state index is 11.3. The summed E-state index contributed by atoms with van der Waals surface area (Å²) in [6.07, 6.45) is 3.17. The van der Waals surface area contributed by atoms with Crippen LogP contribution < -0.4 is 5.32 Å². The molecule has 1 aromatic heterocycles. The monoisotopic (exact) mass is 197 g/mol. The van der Waals surface area contributed by atoms with Crippen molar-refractivity contribution in [2.45, 2.75) is 19.4 Å². The van der Waals surface area contributed by atoms with Crippen LogP contribution in [0.25, 0.3) is 0 Å². The predicted octanol–water partition coefficient (Wildman–Crippen LogP) is -0.540. The van der Waals surface area contributed by atoms with Crippen LogP contribution in [0, 0.1) is 0 Å². The van der Waals surface area contributed by atoms with Gasteiger partial charge >= 0.3 is 0 Å². The number of hydrogen-bond acceptors (Lipinski definition) is 3. The Bertz CT molecular complexity index is 307. The molecule has 0 aliphatic heterocycles. The van der Waals surface area contributed by atoms with Gasteiger partial charge in [0.25, 0.3) is 0 Å². The molecule has 1 atom stereocenters. The van der Waals surface area contributed by atoms with E-state index in [0.717, 1.165) is 0 Å². The van der Waals surface area contributed by atoms with Gasteiger partial charge in [-0.3, -0.25) is 4.79 Å². The molecule has 0 aliphatic carbocycles. The molecule has 1 aromatic rings. The highest BCUT2D eigenvalue weighted by Crippen LogP contribution is 1.94. The highest BCUT2D eigenvalue weighted by atomic mass is 16.3. The normalized spacial score (nSPS) is 12.5. The van der Waals surface area contributed by atoms with Crippen molar-refractivity contribution in [3.8, 4) is 0 Å². The highest BCUT2D eigenvalue weighted by molar-refractivity contribution is 5.77. The second kappa shape index (κ2) is 4.76. The number of imidazole rings is 1. The number of hydrogen-bond donors (Lipinski definition) is 2. The average Bonchev–Trinajstić information content (AvgIpc) is 2.49. The smallest absolute Gasteiger partial charge is 0.227 e. The Morgan fingerprint density at radius 1 is 1.79 bits per heavy atom. The third-order valence-corrected chi connectivity index (χ3v) is 1.83.